The Hall–Kier alpha value is -2.84. The molecule has 0 bridgehead atoms. The van der Waals surface area contributed by atoms with Gasteiger partial charge in [-0.2, -0.15) is 0 Å². The van der Waals surface area contributed by atoms with E-state index in [1.807, 2.05) is 43.9 Å². The van der Waals surface area contributed by atoms with Crippen LogP contribution < -0.4 is 20.7 Å². The second-order valence-corrected chi connectivity index (χ2v) is 11.1. The van der Waals surface area contributed by atoms with Crippen LogP contribution in [0, 0.1) is 5.92 Å². The SMILES string of the molecule is CC(C)OC(=O)N1C[C@H](C)N(C(=O)C2CC2)c2ccc(C3=C(NNCC(C)(C)O)CCCC=C3)cc21. The predicted molar refractivity (Wildman–Crippen MR) is 142 cm³/mol. The lowest BCUT2D eigenvalue weighted by molar-refractivity contribution is -0.120. The average molecular weight is 497 g/mol. The molecule has 4 rings (SSSR count). The molecule has 0 aromatic heterocycles. The van der Waals surface area contributed by atoms with E-state index in [1.54, 1.807) is 18.7 Å². The second-order valence-electron chi connectivity index (χ2n) is 11.1. The van der Waals surface area contributed by atoms with E-state index >= 15 is 0 Å². The van der Waals surface area contributed by atoms with Gasteiger partial charge >= 0.3 is 6.09 Å². The number of benzene rings is 1. The number of allylic oxidation sites excluding steroid dienone is 4. The topological polar surface area (TPSA) is 94.1 Å². The number of aliphatic hydroxyl groups is 1. The molecule has 0 radical (unpaired) electrons. The van der Waals surface area contributed by atoms with E-state index in [0.29, 0.717) is 18.8 Å². The van der Waals surface area contributed by atoms with Gasteiger partial charge in [0.25, 0.3) is 0 Å². The summed E-state index contributed by atoms with van der Waals surface area (Å²) >= 11 is 0. The van der Waals surface area contributed by atoms with Crippen molar-refractivity contribution in [1.29, 1.82) is 0 Å². The number of carbonyl (C=O) groups excluding carboxylic acids is 2. The minimum Gasteiger partial charge on any atom is -0.446 e. The van der Waals surface area contributed by atoms with Gasteiger partial charge in [-0.1, -0.05) is 18.2 Å². The van der Waals surface area contributed by atoms with Crippen molar-refractivity contribution in [3.05, 3.63) is 41.6 Å². The molecule has 0 saturated heterocycles. The molecule has 36 heavy (non-hydrogen) atoms. The Kier molecular flexibility index (Phi) is 7.76. The molecule has 3 N–H and O–H groups in total. The number of carbonyl (C=O) groups is 2. The maximum absolute atomic E-state index is 13.2. The quantitative estimate of drug-likeness (QED) is 0.481. The lowest BCUT2D eigenvalue weighted by Gasteiger charge is -2.41. The fraction of sp³-hybridized carbons (Fsp3) is 0.571. The molecule has 3 aliphatic rings. The highest BCUT2D eigenvalue weighted by Gasteiger charge is 2.41. The molecule has 1 aliphatic heterocycles. The maximum Gasteiger partial charge on any atom is 0.414 e. The van der Waals surface area contributed by atoms with Crippen molar-refractivity contribution in [2.45, 2.75) is 84.5 Å². The monoisotopic (exact) mass is 496 g/mol. The fourth-order valence-corrected chi connectivity index (χ4v) is 4.69. The first-order valence-electron chi connectivity index (χ1n) is 13.1. The van der Waals surface area contributed by atoms with Crippen LogP contribution in [0.4, 0.5) is 16.2 Å². The summed E-state index contributed by atoms with van der Waals surface area (Å²) in [5.41, 5.74) is 10.1. The van der Waals surface area contributed by atoms with E-state index in [1.165, 1.54) is 0 Å². The summed E-state index contributed by atoms with van der Waals surface area (Å²) in [5, 5.41) is 10.1. The number of ether oxygens (including phenoxy) is 1. The molecule has 0 spiro atoms. The van der Waals surface area contributed by atoms with Crippen LogP contribution in [0.5, 0.6) is 0 Å². The third-order valence-corrected chi connectivity index (χ3v) is 6.61. The number of nitrogens with zero attached hydrogens (tertiary/aromatic N) is 2. The van der Waals surface area contributed by atoms with Crippen molar-refractivity contribution < 1.29 is 19.4 Å². The molecule has 1 saturated carbocycles. The Balaban J connectivity index is 1.74. The normalized spacial score (nSPS) is 20.4. The number of fused-ring (bicyclic) bond motifs is 1. The zero-order valence-corrected chi connectivity index (χ0v) is 22.1. The molecule has 0 unspecified atom stereocenters. The number of rotatable bonds is 7. The highest BCUT2D eigenvalue weighted by atomic mass is 16.6. The van der Waals surface area contributed by atoms with Gasteiger partial charge in [0.1, 0.15) is 0 Å². The largest absolute Gasteiger partial charge is 0.446 e. The molecule has 1 atom stereocenters. The van der Waals surface area contributed by atoms with E-state index < -0.39 is 11.7 Å². The Morgan fingerprint density at radius 3 is 2.64 bits per heavy atom. The number of anilines is 2. The van der Waals surface area contributed by atoms with E-state index in [9.17, 15) is 14.7 Å². The fourth-order valence-electron chi connectivity index (χ4n) is 4.69. The average Bonchev–Trinajstić information content (AvgIpc) is 3.64. The number of nitrogens with one attached hydrogen (secondary N) is 2. The maximum atomic E-state index is 13.2. The molecule has 196 valence electrons. The van der Waals surface area contributed by atoms with Crippen LogP contribution in [-0.2, 0) is 9.53 Å². The lowest BCUT2D eigenvalue weighted by atomic mass is 9.98. The van der Waals surface area contributed by atoms with Gasteiger partial charge in [-0.15, -0.1) is 0 Å². The van der Waals surface area contributed by atoms with Gasteiger partial charge in [0.05, 0.1) is 29.1 Å². The third kappa shape index (κ3) is 6.10. The summed E-state index contributed by atoms with van der Waals surface area (Å²) in [6.07, 6.45) is 8.32. The van der Waals surface area contributed by atoms with Crippen LogP contribution in [0.1, 0.15) is 72.3 Å². The van der Waals surface area contributed by atoms with Gasteiger partial charge in [0.15, 0.2) is 0 Å². The summed E-state index contributed by atoms with van der Waals surface area (Å²) in [7, 11) is 0. The van der Waals surface area contributed by atoms with E-state index in [4.69, 9.17) is 4.74 Å². The van der Waals surface area contributed by atoms with Gasteiger partial charge in [-0.25, -0.2) is 10.2 Å². The summed E-state index contributed by atoms with van der Waals surface area (Å²) in [6, 6.07) is 5.85. The molecular weight excluding hydrogens is 456 g/mol. The lowest BCUT2D eigenvalue weighted by Crippen LogP contribution is -2.52. The molecule has 2 aliphatic carbocycles. The van der Waals surface area contributed by atoms with Crippen LogP contribution in [0.15, 0.2) is 36.0 Å². The molecule has 8 heteroatoms. The molecule has 1 aromatic rings. The van der Waals surface area contributed by atoms with Crippen LogP contribution in [0.3, 0.4) is 0 Å². The molecule has 8 nitrogen and oxygen atoms in total. The first-order chi connectivity index (χ1) is 17.0. The summed E-state index contributed by atoms with van der Waals surface area (Å²) in [5.74, 6) is 0.222. The highest BCUT2D eigenvalue weighted by molar-refractivity contribution is 6.05. The zero-order valence-electron chi connectivity index (χ0n) is 22.1. The van der Waals surface area contributed by atoms with E-state index in [0.717, 1.165) is 54.6 Å². The first kappa shape index (κ1) is 26.2. The van der Waals surface area contributed by atoms with Crippen molar-refractivity contribution in [3.8, 4) is 0 Å². The molecule has 2 amide bonds. The van der Waals surface area contributed by atoms with Crippen LogP contribution in [-0.4, -0.2) is 47.9 Å². The van der Waals surface area contributed by atoms with Crippen molar-refractivity contribution in [2.24, 2.45) is 5.92 Å². The highest BCUT2D eigenvalue weighted by Crippen LogP contribution is 2.42. The standard InChI is InChI=1S/C28H40N4O4/c1-18(2)36-27(34)31-16-19(3)32(26(33)20-11-12-20)24-14-13-21(15-25(24)31)22-9-7-6-8-10-23(22)30-29-17-28(4,5)35/h7,9,13-15,18-20,29-30,35H,6,8,10-12,16-17H2,1-5H3/t19-/m0/s1. The Morgan fingerprint density at radius 2 is 1.97 bits per heavy atom. The van der Waals surface area contributed by atoms with Crippen LogP contribution in [0.25, 0.3) is 5.57 Å². The molecule has 1 aromatic carbocycles. The Bertz CT molecular complexity index is 1050. The minimum atomic E-state index is -0.842. The van der Waals surface area contributed by atoms with Crippen molar-refractivity contribution in [1.82, 2.24) is 10.9 Å². The Morgan fingerprint density at radius 1 is 1.22 bits per heavy atom. The Labute approximate surface area is 214 Å². The summed E-state index contributed by atoms with van der Waals surface area (Å²) < 4.78 is 5.57. The molecule has 1 fully saturated rings. The smallest absolute Gasteiger partial charge is 0.414 e. The summed E-state index contributed by atoms with van der Waals surface area (Å²) in [4.78, 5) is 29.9. The van der Waals surface area contributed by atoms with Crippen LogP contribution in [0.2, 0.25) is 0 Å². The van der Waals surface area contributed by atoms with Gasteiger partial charge in [0.2, 0.25) is 5.91 Å². The number of amides is 2. The first-order valence-corrected chi connectivity index (χ1v) is 13.1. The number of hydrogen-bond donors (Lipinski definition) is 3. The molecule has 1 heterocycles. The molecular formula is C28H40N4O4. The van der Waals surface area contributed by atoms with Crippen molar-refractivity contribution in [3.63, 3.8) is 0 Å². The predicted octanol–water partition coefficient (Wildman–Crippen LogP) is 4.50. The van der Waals surface area contributed by atoms with Crippen molar-refractivity contribution in [2.75, 3.05) is 22.9 Å². The van der Waals surface area contributed by atoms with Crippen LogP contribution >= 0.6 is 0 Å². The van der Waals surface area contributed by atoms with Gasteiger partial charge in [-0.05, 0) is 84.4 Å². The number of hydrogen-bond acceptors (Lipinski definition) is 6. The van der Waals surface area contributed by atoms with Crippen molar-refractivity contribution >= 4 is 28.9 Å². The second kappa shape index (κ2) is 10.6. The number of hydrazine groups is 1. The minimum absolute atomic E-state index is 0.0827. The van der Waals surface area contributed by atoms with Gasteiger partial charge in [0, 0.05) is 30.3 Å². The summed E-state index contributed by atoms with van der Waals surface area (Å²) in [6.45, 7) is 9.95. The zero-order chi connectivity index (χ0) is 26.0. The van der Waals surface area contributed by atoms with Gasteiger partial charge < -0.3 is 20.2 Å². The van der Waals surface area contributed by atoms with E-state index in [-0.39, 0.29) is 24.0 Å². The van der Waals surface area contributed by atoms with E-state index in [2.05, 4.69) is 23.0 Å². The van der Waals surface area contributed by atoms with Gasteiger partial charge in [-0.3, -0.25) is 9.69 Å². The third-order valence-electron chi connectivity index (χ3n) is 6.61.